The third-order valence-corrected chi connectivity index (χ3v) is 3.87. The molecule has 2 heterocycles. The molecule has 0 aliphatic carbocycles. The quantitative estimate of drug-likeness (QED) is 0.787. The molecule has 0 saturated heterocycles. The molecule has 3 aromatic rings. The fraction of sp³-hybridized carbons (Fsp3) is 0.353. The van der Waals surface area contributed by atoms with E-state index in [2.05, 4.69) is 49.8 Å². The average molecular weight is 295 g/mol. The minimum Gasteiger partial charge on any atom is -0.383 e. The van der Waals surface area contributed by atoms with Crippen molar-refractivity contribution in [3.63, 3.8) is 0 Å². The first kappa shape index (κ1) is 14.5. The molecule has 1 atom stereocenters. The second-order valence-electron chi connectivity index (χ2n) is 6.56. The van der Waals surface area contributed by atoms with Gasteiger partial charge in [-0.1, -0.05) is 37.3 Å². The first-order chi connectivity index (χ1) is 10.4. The maximum absolute atomic E-state index is 6.13. The number of nitrogens with two attached hydrogens (primary N) is 1. The summed E-state index contributed by atoms with van der Waals surface area (Å²) < 4.78 is 1.94. The van der Waals surface area contributed by atoms with E-state index in [0.29, 0.717) is 5.82 Å². The van der Waals surface area contributed by atoms with Crippen LogP contribution in [-0.2, 0) is 5.54 Å². The smallest absolute Gasteiger partial charge is 0.164 e. The van der Waals surface area contributed by atoms with Crippen LogP contribution in [0.4, 0.5) is 5.82 Å². The van der Waals surface area contributed by atoms with Gasteiger partial charge >= 0.3 is 0 Å². The number of nitrogens with zero attached hydrogens (tertiary/aromatic N) is 4. The molecule has 0 saturated carbocycles. The van der Waals surface area contributed by atoms with Crippen molar-refractivity contribution in [2.24, 2.45) is 0 Å². The third-order valence-electron chi connectivity index (χ3n) is 3.87. The molecule has 5 nitrogen and oxygen atoms in total. The lowest BCUT2D eigenvalue weighted by molar-refractivity contribution is 0.362. The van der Waals surface area contributed by atoms with Crippen LogP contribution < -0.4 is 5.73 Å². The largest absolute Gasteiger partial charge is 0.383 e. The highest BCUT2D eigenvalue weighted by molar-refractivity contribution is 5.89. The second kappa shape index (κ2) is 5.09. The number of aromatic nitrogens is 4. The number of fused-ring (bicyclic) bond motifs is 1. The van der Waals surface area contributed by atoms with Crippen molar-refractivity contribution in [1.29, 1.82) is 0 Å². The summed E-state index contributed by atoms with van der Waals surface area (Å²) in [7, 11) is 0. The molecular formula is C17H21N5. The van der Waals surface area contributed by atoms with Crippen LogP contribution in [0.3, 0.4) is 0 Å². The minimum absolute atomic E-state index is 0.126. The molecule has 0 spiro atoms. The van der Waals surface area contributed by atoms with Crippen molar-refractivity contribution < 1.29 is 0 Å². The average Bonchev–Trinajstić information content (AvgIpc) is 2.88. The molecule has 114 valence electrons. The van der Waals surface area contributed by atoms with Gasteiger partial charge in [-0.25, -0.2) is 14.6 Å². The predicted octanol–water partition coefficient (Wildman–Crippen LogP) is 3.32. The molecule has 0 radical (unpaired) electrons. The maximum Gasteiger partial charge on any atom is 0.164 e. The summed E-state index contributed by atoms with van der Waals surface area (Å²) in [6.07, 6.45) is 1.50. The van der Waals surface area contributed by atoms with Crippen molar-refractivity contribution >= 4 is 16.9 Å². The van der Waals surface area contributed by atoms with Crippen LogP contribution in [0.1, 0.15) is 44.9 Å². The zero-order chi connectivity index (χ0) is 15.9. The molecular weight excluding hydrogens is 274 g/mol. The normalized spacial score (nSPS) is 13.5. The molecule has 0 fully saturated rings. The van der Waals surface area contributed by atoms with E-state index in [9.17, 15) is 0 Å². The van der Waals surface area contributed by atoms with Gasteiger partial charge in [-0.2, -0.15) is 5.10 Å². The van der Waals surface area contributed by atoms with Gasteiger partial charge in [0, 0.05) is 5.92 Å². The van der Waals surface area contributed by atoms with Crippen LogP contribution in [0, 0.1) is 0 Å². The zero-order valence-corrected chi connectivity index (χ0v) is 13.4. The Morgan fingerprint density at radius 2 is 1.77 bits per heavy atom. The number of hydrogen-bond acceptors (Lipinski definition) is 4. The van der Waals surface area contributed by atoms with E-state index in [1.54, 1.807) is 0 Å². The lowest BCUT2D eigenvalue weighted by Gasteiger charge is -2.19. The van der Waals surface area contributed by atoms with Gasteiger partial charge in [0.15, 0.2) is 5.65 Å². The van der Waals surface area contributed by atoms with Gasteiger partial charge in [0.2, 0.25) is 0 Å². The van der Waals surface area contributed by atoms with E-state index >= 15 is 0 Å². The lowest BCUT2D eigenvalue weighted by Crippen LogP contribution is -2.23. The summed E-state index contributed by atoms with van der Waals surface area (Å²) >= 11 is 0. The number of anilines is 1. The summed E-state index contributed by atoms with van der Waals surface area (Å²) in [5.41, 5.74) is 8.87. The van der Waals surface area contributed by atoms with Crippen LogP contribution >= 0.6 is 0 Å². The number of nitrogen functional groups attached to an aromatic ring is 1. The second-order valence-corrected chi connectivity index (χ2v) is 6.56. The Morgan fingerprint density at radius 1 is 1.09 bits per heavy atom. The Labute approximate surface area is 130 Å². The molecule has 0 aliphatic heterocycles. The Balaban J connectivity index is 2.26. The van der Waals surface area contributed by atoms with Crippen molar-refractivity contribution in [2.75, 3.05) is 5.73 Å². The van der Waals surface area contributed by atoms with E-state index < -0.39 is 0 Å². The number of hydrogen-bond donors (Lipinski definition) is 1. The molecule has 2 aromatic heterocycles. The van der Waals surface area contributed by atoms with Crippen LogP contribution in [0.5, 0.6) is 0 Å². The Kier molecular flexibility index (Phi) is 3.35. The molecule has 0 bridgehead atoms. The van der Waals surface area contributed by atoms with Crippen LogP contribution in [0.15, 0.2) is 36.7 Å². The van der Waals surface area contributed by atoms with Gasteiger partial charge in [-0.15, -0.1) is 0 Å². The molecule has 22 heavy (non-hydrogen) atoms. The fourth-order valence-corrected chi connectivity index (χ4v) is 2.67. The Hall–Kier alpha value is -2.43. The molecule has 1 aromatic carbocycles. The first-order valence-corrected chi connectivity index (χ1v) is 7.44. The maximum atomic E-state index is 6.13. The first-order valence-electron chi connectivity index (χ1n) is 7.44. The van der Waals surface area contributed by atoms with Gasteiger partial charge in [-0.05, 0) is 26.3 Å². The zero-order valence-electron chi connectivity index (χ0n) is 13.4. The van der Waals surface area contributed by atoms with Gasteiger partial charge in [-0.3, -0.25) is 0 Å². The summed E-state index contributed by atoms with van der Waals surface area (Å²) in [6, 6.07) is 10.3. The third kappa shape index (κ3) is 2.32. The van der Waals surface area contributed by atoms with Gasteiger partial charge in [0.1, 0.15) is 12.1 Å². The topological polar surface area (TPSA) is 69.6 Å². The predicted molar refractivity (Wildman–Crippen MR) is 88.7 cm³/mol. The van der Waals surface area contributed by atoms with Crippen LogP contribution in [0.2, 0.25) is 0 Å². The van der Waals surface area contributed by atoms with Gasteiger partial charge in [0.05, 0.1) is 16.6 Å². The van der Waals surface area contributed by atoms with E-state index in [1.807, 2.05) is 22.9 Å². The SMILES string of the molecule is C[C@@H](c1ccccc1)c1nn(C(C)(C)C)c2ncnc(N)c12. The monoisotopic (exact) mass is 295 g/mol. The van der Waals surface area contributed by atoms with Gasteiger partial charge in [0.25, 0.3) is 0 Å². The summed E-state index contributed by atoms with van der Waals surface area (Å²) in [5.74, 6) is 0.610. The molecule has 2 N–H and O–H groups in total. The van der Waals surface area contributed by atoms with E-state index in [0.717, 1.165) is 16.7 Å². The Bertz CT molecular complexity index is 799. The minimum atomic E-state index is -0.173. The molecule has 5 heteroatoms. The van der Waals surface area contributed by atoms with Gasteiger partial charge < -0.3 is 5.73 Å². The lowest BCUT2D eigenvalue weighted by atomic mass is 9.96. The number of benzene rings is 1. The number of rotatable bonds is 2. The molecule has 3 rings (SSSR count). The van der Waals surface area contributed by atoms with Crippen molar-refractivity contribution in [3.8, 4) is 0 Å². The van der Waals surface area contributed by atoms with Crippen molar-refractivity contribution in [3.05, 3.63) is 47.9 Å². The van der Waals surface area contributed by atoms with Crippen LogP contribution in [0.25, 0.3) is 11.0 Å². The standard InChI is InChI=1S/C17H21N5/c1-11(12-8-6-5-7-9-12)14-13-15(18)19-10-20-16(13)22(21-14)17(2,3)4/h5-11H,1-4H3,(H2,18,19,20)/t11-/m0/s1. The van der Waals surface area contributed by atoms with E-state index in [1.165, 1.54) is 11.9 Å². The Morgan fingerprint density at radius 3 is 2.41 bits per heavy atom. The summed E-state index contributed by atoms with van der Waals surface area (Å²) in [5, 5.41) is 5.69. The summed E-state index contributed by atoms with van der Waals surface area (Å²) in [4.78, 5) is 8.57. The fourth-order valence-electron chi connectivity index (χ4n) is 2.67. The van der Waals surface area contributed by atoms with Crippen molar-refractivity contribution in [1.82, 2.24) is 19.7 Å². The van der Waals surface area contributed by atoms with Crippen molar-refractivity contribution in [2.45, 2.75) is 39.2 Å². The molecule has 0 aliphatic rings. The molecule has 0 amide bonds. The summed E-state index contributed by atoms with van der Waals surface area (Å²) in [6.45, 7) is 8.45. The van der Waals surface area contributed by atoms with E-state index in [4.69, 9.17) is 10.8 Å². The molecule has 0 unspecified atom stereocenters. The van der Waals surface area contributed by atoms with E-state index in [-0.39, 0.29) is 11.5 Å². The highest BCUT2D eigenvalue weighted by atomic mass is 15.3. The highest BCUT2D eigenvalue weighted by Gasteiger charge is 2.25. The van der Waals surface area contributed by atoms with Crippen LogP contribution in [-0.4, -0.2) is 19.7 Å². The highest BCUT2D eigenvalue weighted by Crippen LogP contribution is 2.33.